The van der Waals surface area contributed by atoms with Crippen LogP contribution in [-0.4, -0.2) is 28.3 Å². The molecule has 1 amide bonds. The Morgan fingerprint density at radius 2 is 1.69 bits per heavy atom. The molecular formula is C22H22ClN3O3. The number of aryl methyl sites for hydroxylation is 3. The Bertz CT molecular complexity index is 1020. The number of benzene rings is 2. The van der Waals surface area contributed by atoms with Crippen LogP contribution in [0.15, 0.2) is 48.5 Å². The first kappa shape index (κ1) is 20.6. The van der Waals surface area contributed by atoms with Crippen molar-refractivity contribution in [2.45, 2.75) is 27.3 Å². The highest BCUT2D eigenvalue weighted by atomic mass is 35.5. The van der Waals surface area contributed by atoms with E-state index in [2.05, 4.69) is 10.4 Å². The largest absolute Gasteiger partial charge is 0.452 e. The molecule has 0 atom stereocenters. The Morgan fingerprint density at radius 3 is 2.34 bits per heavy atom. The van der Waals surface area contributed by atoms with Crippen LogP contribution in [-0.2, 0) is 16.1 Å². The van der Waals surface area contributed by atoms with E-state index >= 15 is 0 Å². The second-order valence-corrected chi connectivity index (χ2v) is 7.14. The van der Waals surface area contributed by atoms with Gasteiger partial charge >= 0.3 is 5.97 Å². The topological polar surface area (TPSA) is 73.2 Å². The lowest BCUT2D eigenvalue weighted by atomic mass is 10.1. The molecule has 2 aromatic carbocycles. The van der Waals surface area contributed by atoms with E-state index in [4.69, 9.17) is 16.3 Å². The molecule has 1 N–H and O–H groups in total. The van der Waals surface area contributed by atoms with Gasteiger partial charge in [-0.3, -0.25) is 4.79 Å². The number of halogens is 1. The summed E-state index contributed by atoms with van der Waals surface area (Å²) >= 11 is 6.36. The van der Waals surface area contributed by atoms with Crippen molar-refractivity contribution in [2.24, 2.45) is 0 Å². The van der Waals surface area contributed by atoms with Crippen LogP contribution in [0.1, 0.15) is 32.7 Å². The number of nitrogens with one attached hydrogen (secondary N) is 1. The number of carbonyl (C=O) groups excluding carboxylic acids is 2. The lowest BCUT2D eigenvalue weighted by Gasteiger charge is -2.11. The van der Waals surface area contributed by atoms with Crippen molar-refractivity contribution in [1.29, 1.82) is 0 Å². The number of nitrogens with zero attached hydrogens (tertiary/aromatic N) is 2. The molecule has 29 heavy (non-hydrogen) atoms. The van der Waals surface area contributed by atoms with Gasteiger partial charge < -0.3 is 10.1 Å². The lowest BCUT2D eigenvalue weighted by molar-refractivity contribution is -0.119. The zero-order valence-electron chi connectivity index (χ0n) is 16.5. The van der Waals surface area contributed by atoms with Crippen molar-refractivity contribution >= 4 is 29.2 Å². The monoisotopic (exact) mass is 411 g/mol. The molecule has 1 heterocycles. The molecule has 0 fully saturated rings. The molecule has 0 aliphatic carbocycles. The SMILES string of the molecule is Cc1cccc(C)c1NC(=O)COC(=O)c1c(C)nn(Cc2ccccc2)c1Cl. The van der Waals surface area contributed by atoms with Crippen LogP contribution >= 0.6 is 11.6 Å². The first-order valence-electron chi connectivity index (χ1n) is 9.17. The van der Waals surface area contributed by atoms with Gasteiger partial charge in [-0.05, 0) is 37.5 Å². The van der Waals surface area contributed by atoms with E-state index in [0.717, 1.165) is 22.4 Å². The lowest BCUT2D eigenvalue weighted by Crippen LogP contribution is -2.22. The van der Waals surface area contributed by atoms with Crippen molar-refractivity contribution < 1.29 is 14.3 Å². The highest BCUT2D eigenvalue weighted by molar-refractivity contribution is 6.32. The number of carbonyl (C=O) groups is 2. The van der Waals surface area contributed by atoms with Gasteiger partial charge in [0, 0.05) is 5.69 Å². The van der Waals surface area contributed by atoms with E-state index in [-0.39, 0.29) is 10.7 Å². The van der Waals surface area contributed by atoms with Crippen LogP contribution < -0.4 is 5.32 Å². The minimum Gasteiger partial charge on any atom is -0.452 e. The third-order valence-electron chi connectivity index (χ3n) is 4.52. The number of rotatable bonds is 6. The number of amides is 1. The van der Waals surface area contributed by atoms with Gasteiger partial charge in [0.25, 0.3) is 5.91 Å². The zero-order valence-corrected chi connectivity index (χ0v) is 17.3. The van der Waals surface area contributed by atoms with Crippen LogP contribution in [0, 0.1) is 20.8 Å². The molecule has 0 saturated heterocycles. The van der Waals surface area contributed by atoms with E-state index in [1.165, 1.54) is 0 Å². The number of aromatic nitrogens is 2. The molecule has 3 aromatic rings. The van der Waals surface area contributed by atoms with Crippen molar-refractivity contribution in [2.75, 3.05) is 11.9 Å². The molecule has 0 bridgehead atoms. The molecule has 3 rings (SSSR count). The highest BCUT2D eigenvalue weighted by Gasteiger charge is 2.22. The Hall–Kier alpha value is -3.12. The van der Waals surface area contributed by atoms with E-state index < -0.39 is 18.5 Å². The van der Waals surface area contributed by atoms with Crippen LogP contribution in [0.25, 0.3) is 0 Å². The molecular weight excluding hydrogens is 390 g/mol. The Morgan fingerprint density at radius 1 is 1.03 bits per heavy atom. The molecule has 7 heteroatoms. The van der Waals surface area contributed by atoms with E-state index in [1.54, 1.807) is 11.6 Å². The summed E-state index contributed by atoms with van der Waals surface area (Å²) in [5.41, 5.74) is 4.22. The molecule has 0 radical (unpaired) electrons. The summed E-state index contributed by atoms with van der Waals surface area (Å²) in [5, 5.41) is 7.30. The third-order valence-corrected chi connectivity index (χ3v) is 4.91. The number of hydrogen-bond donors (Lipinski definition) is 1. The number of esters is 1. The summed E-state index contributed by atoms with van der Waals surface area (Å²) in [4.78, 5) is 24.7. The van der Waals surface area contributed by atoms with Crippen molar-refractivity contribution in [3.63, 3.8) is 0 Å². The first-order valence-corrected chi connectivity index (χ1v) is 9.54. The molecule has 1 aromatic heterocycles. The van der Waals surface area contributed by atoms with E-state index in [1.807, 2.05) is 62.4 Å². The fourth-order valence-corrected chi connectivity index (χ4v) is 3.35. The van der Waals surface area contributed by atoms with Crippen molar-refractivity contribution in [3.8, 4) is 0 Å². The predicted octanol–water partition coefficient (Wildman–Crippen LogP) is 4.31. The third kappa shape index (κ3) is 4.84. The fraction of sp³-hybridized carbons (Fsp3) is 0.227. The average Bonchev–Trinajstić information content (AvgIpc) is 2.97. The number of para-hydroxylation sites is 1. The summed E-state index contributed by atoms with van der Waals surface area (Å²) in [5.74, 6) is -1.09. The van der Waals surface area contributed by atoms with Gasteiger partial charge in [-0.2, -0.15) is 5.10 Å². The maximum absolute atomic E-state index is 12.5. The van der Waals surface area contributed by atoms with Crippen LogP contribution in [0.5, 0.6) is 0 Å². The molecule has 0 aliphatic heterocycles. The average molecular weight is 412 g/mol. The Labute approximate surface area is 174 Å². The second kappa shape index (κ2) is 8.92. The van der Waals surface area contributed by atoms with Gasteiger partial charge in [-0.1, -0.05) is 60.1 Å². The maximum atomic E-state index is 12.5. The van der Waals surface area contributed by atoms with Crippen LogP contribution in [0.2, 0.25) is 5.15 Å². The summed E-state index contributed by atoms with van der Waals surface area (Å²) in [6.45, 7) is 5.51. The van der Waals surface area contributed by atoms with Gasteiger partial charge in [0.2, 0.25) is 0 Å². The fourth-order valence-electron chi connectivity index (χ4n) is 3.04. The summed E-state index contributed by atoms with van der Waals surface area (Å²) in [6, 6.07) is 15.4. The van der Waals surface area contributed by atoms with E-state index in [9.17, 15) is 9.59 Å². The second-order valence-electron chi connectivity index (χ2n) is 6.79. The molecule has 0 spiro atoms. The van der Waals surface area contributed by atoms with E-state index in [0.29, 0.717) is 12.2 Å². The van der Waals surface area contributed by atoms with Gasteiger partial charge in [0.15, 0.2) is 6.61 Å². The highest BCUT2D eigenvalue weighted by Crippen LogP contribution is 2.22. The molecule has 150 valence electrons. The molecule has 0 saturated carbocycles. The molecule has 0 aliphatic rings. The van der Waals surface area contributed by atoms with Gasteiger partial charge in [-0.15, -0.1) is 0 Å². The zero-order chi connectivity index (χ0) is 21.0. The van der Waals surface area contributed by atoms with Crippen molar-refractivity contribution in [1.82, 2.24) is 9.78 Å². The minimum atomic E-state index is -0.677. The van der Waals surface area contributed by atoms with Crippen LogP contribution in [0.4, 0.5) is 5.69 Å². The summed E-state index contributed by atoms with van der Waals surface area (Å²) in [6.07, 6.45) is 0. The molecule has 0 unspecified atom stereocenters. The quantitative estimate of drug-likeness (QED) is 0.613. The van der Waals surface area contributed by atoms with Crippen LogP contribution in [0.3, 0.4) is 0 Å². The number of anilines is 1. The number of ether oxygens (including phenoxy) is 1. The maximum Gasteiger partial charge on any atom is 0.343 e. The first-order chi connectivity index (χ1) is 13.9. The normalized spacial score (nSPS) is 10.6. The Kier molecular flexibility index (Phi) is 6.34. The summed E-state index contributed by atoms with van der Waals surface area (Å²) in [7, 11) is 0. The molecule has 6 nitrogen and oxygen atoms in total. The minimum absolute atomic E-state index is 0.169. The standard InChI is InChI=1S/C22H22ClN3O3/c1-14-8-7-9-15(2)20(14)24-18(27)13-29-22(28)19-16(3)25-26(21(19)23)12-17-10-5-4-6-11-17/h4-11H,12-13H2,1-3H3,(H,24,27). The predicted molar refractivity (Wildman–Crippen MR) is 112 cm³/mol. The smallest absolute Gasteiger partial charge is 0.343 e. The van der Waals surface area contributed by atoms with Gasteiger partial charge in [0.05, 0.1) is 12.2 Å². The number of hydrogen-bond acceptors (Lipinski definition) is 4. The van der Waals surface area contributed by atoms with Gasteiger partial charge in [0.1, 0.15) is 10.7 Å². The Balaban J connectivity index is 1.66. The summed E-state index contributed by atoms with van der Waals surface area (Å²) < 4.78 is 6.72. The van der Waals surface area contributed by atoms with Crippen molar-refractivity contribution in [3.05, 3.63) is 81.6 Å². The van der Waals surface area contributed by atoms with Gasteiger partial charge in [-0.25, -0.2) is 9.48 Å².